The third kappa shape index (κ3) is 1.82. The topological polar surface area (TPSA) is 60.2 Å². The van der Waals surface area contributed by atoms with E-state index in [4.69, 9.17) is 5.73 Å². The van der Waals surface area contributed by atoms with Gasteiger partial charge in [-0.3, -0.25) is 0 Å². The molecule has 3 nitrogen and oxygen atoms in total. The highest BCUT2D eigenvalue weighted by Crippen LogP contribution is 2.32. The maximum Gasteiger partial charge on any atom is 0.179 e. The Morgan fingerprint density at radius 3 is 2.80 bits per heavy atom. The van der Waals surface area contributed by atoms with Gasteiger partial charge in [0.2, 0.25) is 0 Å². The minimum absolute atomic E-state index is 0.190. The van der Waals surface area contributed by atoms with E-state index in [1.165, 1.54) is 0 Å². The molecule has 0 bridgehead atoms. The van der Waals surface area contributed by atoms with Gasteiger partial charge in [-0.25, -0.2) is 8.42 Å². The van der Waals surface area contributed by atoms with E-state index in [9.17, 15) is 8.42 Å². The summed E-state index contributed by atoms with van der Waals surface area (Å²) in [5.74, 6) is 0.190. The Balaban J connectivity index is 2.64. The van der Waals surface area contributed by atoms with Gasteiger partial charge in [0, 0.05) is 6.54 Å². The largest absolute Gasteiger partial charge is 0.327 e. The van der Waals surface area contributed by atoms with Crippen molar-refractivity contribution in [2.45, 2.75) is 11.3 Å². The third-order valence-corrected chi connectivity index (χ3v) is 4.34. The molecule has 0 aromatic heterocycles. The van der Waals surface area contributed by atoms with Gasteiger partial charge >= 0.3 is 0 Å². The highest BCUT2D eigenvalue weighted by atomic mass is 32.2. The number of allylic oxidation sites excluding steroid dienone is 1. The molecule has 2 rings (SSSR count). The summed E-state index contributed by atoms with van der Waals surface area (Å²) in [6.07, 6.45) is 2.46. The number of hydrogen-bond acceptors (Lipinski definition) is 3. The molecule has 1 aliphatic rings. The molecule has 15 heavy (non-hydrogen) atoms. The summed E-state index contributed by atoms with van der Waals surface area (Å²) in [4.78, 5) is 0.441. The zero-order valence-corrected chi connectivity index (χ0v) is 9.13. The summed E-state index contributed by atoms with van der Waals surface area (Å²) in [7, 11) is -3.07. The standard InChI is InChI=1S/C11H13NO2S/c12-7-5-9-6-8-15(13,14)11-4-2-1-3-10(9)11/h1-5H,6-8,12H2/b9-5-. The van der Waals surface area contributed by atoms with E-state index in [2.05, 4.69) is 0 Å². The molecule has 0 aliphatic carbocycles. The van der Waals surface area contributed by atoms with Crippen LogP contribution in [0.1, 0.15) is 12.0 Å². The molecule has 0 saturated carbocycles. The van der Waals surface area contributed by atoms with Crippen LogP contribution in [0.25, 0.3) is 5.57 Å². The number of nitrogens with two attached hydrogens (primary N) is 1. The molecule has 4 heteroatoms. The minimum atomic E-state index is -3.07. The predicted octanol–water partition coefficient (Wildman–Crippen LogP) is 1.21. The molecular formula is C11H13NO2S. The van der Waals surface area contributed by atoms with Crippen molar-refractivity contribution in [3.8, 4) is 0 Å². The van der Waals surface area contributed by atoms with Crippen LogP contribution in [0.5, 0.6) is 0 Å². The normalized spacial score (nSPS) is 21.3. The molecule has 0 amide bonds. The Kier molecular flexibility index (Phi) is 2.63. The Morgan fingerprint density at radius 2 is 2.07 bits per heavy atom. The summed E-state index contributed by atoms with van der Waals surface area (Å²) in [5, 5.41) is 0. The first kappa shape index (κ1) is 10.4. The summed E-state index contributed by atoms with van der Waals surface area (Å²) in [6, 6.07) is 7.10. The van der Waals surface area contributed by atoms with Crippen molar-refractivity contribution in [3.05, 3.63) is 35.9 Å². The predicted molar refractivity (Wildman–Crippen MR) is 60.1 cm³/mol. The molecule has 2 N–H and O–H groups in total. The lowest BCUT2D eigenvalue weighted by atomic mass is 10.0. The van der Waals surface area contributed by atoms with Gasteiger partial charge in [-0.2, -0.15) is 0 Å². The molecule has 1 heterocycles. The van der Waals surface area contributed by atoms with E-state index in [1.807, 2.05) is 18.2 Å². The second kappa shape index (κ2) is 3.79. The lowest BCUT2D eigenvalue weighted by Gasteiger charge is -2.18. The fourth-order valence-electron chi connectivity index (χ4n) is 1.85. The van der Waals surface area contributed by atoms with Crippen LogP contribution in [0.3, 0.4) is 0 Å². The van der Waals surface area contributed by atoms with Gasteiger partial charge in [0.05, 0.1) is 10.6 Å². The van der Waals surface area contributed by atoms with Crippen molar-refractivity contribution in [1.82, 2.24) is 0 Å². The first-order valence-electron chi connectivity index (χ1n) is 4.86. The molecule has 1 aromatic rings. The van der Waals surface area contributed by atoms with Gasteiger partial charge in [-0.1, -0.05) is 24.3 Å². The van der Waals surface area contributed by atoms with Crippen LogP contribution in [0.4, 0.5) is 0 Å². The number of benzene rings is 1. The quantitative estimate of drug-likeness (QED) is 0.778. The summed E-state index contributed by atoms with van der Waals surface area (Å²) in [5.41, 5.74) is 7.32. The van der Waals surface area contributed by atoms with Crippen LogP contribution in [-0.4, -0.2) is 20.7 Å². The molecular weight excluding hydrogens is 210 g/mol. The second-order valence-corrected chi connectivity index (χ2v) is 5.61. The SMILES string of the molecule is NC/C=C1/CCS(=O)(=O)c2ccccc21. The maximum atomic E-state index is 11.8. The van der Waals surface area contributed by atoms with Gasteiger partial charge in [-0.05, 0) is 23.6 Å². The van der Waals surface area contributed by atoms with E-state index in [0.29, 0.717) is 17.9 Å². The number of sulfone groups is 1. The smallest absolute Gasteiger partial charge is 0.179 e. The highest BCUT2D eigenvalue weighted by molar-refractivity contribution is 7.91. The molecule has 0 unspecified atom stereocenters. The summed E-state index contributed by atoms with van der Waals surface area (Å²) < 4.78 is 23.5. The van der Waals surface area contributed by atoms with Gasteiger partial charge in [0.25, 0.3) is 0 Å². The maximum absolute atomic E-state index is 11.8. The molecule has 80 valence electrons. The van der Waals surface area contributed by atoms with Crippen molar-refractivity contribution in [1.29, 1.82) is 0 Å². The first-order valence-corrected chi connectivity index (χ1v) is 6.51. The second-order valence-electron chi connectivity index (χ2n) is 3.53. The average Bonchev–Trinajstić information content (AvgIpc) is 2.23. The fourth-order valence-corrected chi connectivity index (χ4v) is 3.38. The number of hydrogen-bond donors (Lipinski definition) is 1. The van der Waals surface area contributed by atoms with Crippen LogP contribution >= 0.6 is 0 Å². The molecule has 0 fully saturated rings. The zero-order chi connectivity index (χ0) is 10.9. The van der Waals surface area contributed by atoms with E-state index in [0.717, 1.165) is 11.1 Å². The van der Waals surface area contributed by atoms with Crippen molar-refractivity contribution in [2.24, 2.45) is 5.73 Å². The summed E-state index contributed by atoms with van der Waals surface area (Å²) in [6.45, 7) is 0.448. The van der Waals surface area contributed by atoms with E-state index in [-0.39, 0.29) is 5.75 Å². The van der Waals surface area contributed by atoms with Gasteiger partial charge in [0.1, 0.15) is 0 Å². The first-order chi connectivity index (χ1) is 7.15. The highest BCUT2D eigenvalue weighted by Gasteiger charge is 2.25. The van der Waals surface area contributed by atoms with Crippen molar-refractivity contribution >= 4 is 15.4 Å². The third-order valence-electron chi connectivity index (χ3n) is 2.57. The molecule has 0 radical (unpaired) electrons. The van der Waals surface area contributed by atoms with Crippen molar-refractivity contribution in [2.75, 3.05) is 12.3 Å². The summed E-state index contributed by atoms with van der Waals surface area (Å²) >= 11 is 0. The zero-order valence-electron chi connectivity index (χ0n) is 8.31. The Morgan fingerprint density at radius 1 is 1.33 bits per heavy atom. The van der Waals surface area contributed by atoms with E-state index in [1.54, 1.807) is 12.1 Å². The molecule has 1 aromatic carbocycles. The Labute approximate surface area is 89.5 Å². The van der Waals surface area contributed by atoms with E-state index < -0.39 is 9.84 Å². The van der Waals surface area contributed by atoms with Gasteiger partial charge in [0.15, 0.2) is 9.84 Å². The fraction of sp³-hybridized carbons (Fsp3) is 0.273. The Hall–Kier alpha value is -1.13. The monoisotopic (exact) mass is 223 g/mol. The lowest BCUT2D eigenvalue weighted by Crippen LogP contribution is -2.15. The van der Waals surface area contributed by atoms with Crippen LogP contribution in [-0.2, 0) is 9.84 Å². The molecule has 0 atom stereocenters. The van der Waals surface area contributed by atoms with Crippen molar-refractivity contribution in [3.63, 3.8) is 0 Å². The number of fused-ring (bicyclic) bond motifs is 1. The Bertz CT molecular complexity index is 503. The van der Waals surface area contributed by atoms with E-state index >= 15 is 0 Å². The molecule has 0 saturated heterocycles. The minimum Gasteiger partial charge on any atom is -0.327 e. The average molecular weight is 223 g/mol. The van der Waals surface area contributed by atoms with Gasteiger partial charge in [-0.15, -0.1) is 0 Å². The van der Waals surface area contributed by atoms with Crippen LogP contribution < -0.4 is 5.73 Å². The van der Waals surface area contributed by atoms with Gasteiger partial charge < -0.3 is 5.73 Å². The van der Waals surface area contributed by atoms with Crippen LogP contribution in [0, 0.1) is 0 Å². The van der Waals surface area contributed by atoms with Crippen LogP contribution in [0.15, 0.2) is 35.2 Å². The number of rotatable bonds is 1. The van der Waals surface area contributed by atoms with Crippen LogP contribution in [0.2, 0.25) is 0 Å². The lowest BCUT2D eigenvalue weighted by molar-refractivity contribution is 0.594. The van der Waals surface area contributed by atoms with Crippen molar-refractivity contribution < 1.29 is 8.42 Å². The molecule has 0 spiro atoms. The molecule has 1 aliphatic heterocycles.